The lowest BCUT2D eigenvalue weighted by molar-refractivity contribution is -0.136. The van der Waals surface area contributed by atoms with Gasteiger partial charge in [0, 0.05) is 94.7 Å². The molecule has 0 saturated carbocycles. The number of nitrogens with zero attached hydrogens (tertiary/aromatic N) is 7. The van der Waals surface area contributed by atoms with Gasteiger partial charge in [0.05, 0.1) is 21.6 Å². The topological polar surface area (TPSA) is 132 Å². The van der Waals surface area contributed by atoms with Crippen LogP contribution in [0.1, 0.15) is 71.6 Å². The Bertz CT molecular complexity index is 2160. The largest absolute Gasteiger partial charge is 0.372 e. The number of piperazine rings is 1. The quantitative estimate of drug-likeness (QED) is 0.242. The minimum Gasteiger partial charge on any atom is -0.372 e. The lowest BCUT2D eigenvalue weighted by Gasteiger charge is -2.40. The van der Waals surface area contributed by atoms with Gasteiger partial charge < -0.3 is 19.6 Å². The minimum absolute atomic E-state index is 0.125. The number of hydrogen-bond acceptors (Lipinski definition) is 9. The van der Waals surface area contributed by atoms with Crippen LogP contribution in [0.2, 0.25) is 5.02 Å². The molecule has 4 fully saturated rings. The van der Waals surface area contributed by atoms with Crippen molar-refractivity contribution < 1.29 is 14.4 Å². The fourth-order valence-electron chi connectivity index (χ4n) is 9.53. The summed E-state index contributed by atoms with van der Waals surface area (Å²) in [4.78, 5) is 48.8. The van der Waals surface area contributed by atoms with E-state index in [1.807, 2.05) is 24.3 Å². The molecule has 9 rings (SSSR count). The van der Waals surface area contributed by atoms with E-state index in [4.69, 9.17) is 11.6 Å². The van der Waals surface area contributed by atoms with E-state index in [9.17, 15) is 19.6 Å². The molecule has 2 atom stereocenters. The molecule has 1 unspecified atom stereocenters. The molecule has 55 heavy (non-hydrogen) atoms. The molecule has 1 aromatic heterocycles. The summed E-state index contributed by atoms with van der Waals surface area (Å²) in [6.07, 6.45) is 5.27. The van der Waals surface area contributed by atoms with Crippen LogP contribution in [0, 0.1) is 17.2 Å². The third kappa shape index (κ3) is 6.89. The van der Waals surface area contributed by atoms with Crippen molar-refractivity contribution >= 4 is 57.3 Å². The second-order valence-electron chi connectivity index (χ2n) is 15.8. The van der Waals surface area contributed by atoms with Gasteiger partial charge in [-0.25, -0.2) is 0 Å². The van der Waals surface area contributed by atoms with Crippen LogP contribution < -0.4 is 20.0 Å². The predicted molar refractivity (Wildman–Crippen MR) is 213 cm³/mol. The predicted octanol–water partition coefficient (Wildman–Crippen LogP) is 5.27. The number of carbonyl (C=O) groups excluding carboxylic acids is 3. The number of halogens is 1. The third-order valence-electron chi connectivity index (χ3n) is 12.6. The summed E-state index contributed by atoms with van der Waals surface area (Å²) in [7, 11) is 0. The van der Waals surface area contributed by atoms with Crippen molar-refractivity contribution in [1.82, 2.24) is 25.3 Å². The van der Waals surface area contributed by atoms with Gasteiger partial charge in [0.1, 0.15) is 12.1 Å². The second kappa shape index (κ2) is 14.8. The van der Waals surface area contributed by atoms with Crippen LogP contribution >= 0.6 is 11.6 Å². The lowest BCUT2D eigenvalue weighted by atomic mass is 9.89. The number of rotatable bonds is 7. The number of H-pyrrole nitrogens is 1. The summed E-state index contributed by atoms with van der Waals surface area (Å²) < 4.78 is 0. The fraction of sp³-hybridized carbons (Fsp3) is 0.452. The molecule has 4 saturated heterocycles. The molecule has 0 spiro atoms. The summed E-state index contributed by atoms with van der Waals surface area (Å²) >= 11 is 6.45. The first kappa shape index (κ1) is 35.6. The molecular weight excluding hydrogens is 714 g/mol. The average molecular weight is 760 g/mol. The van der Waals surface area contributed by atoms with Gasteiger partial charge in [0.15, 0.2) is 5.69 Å². The van der Waals surface area contributed by atoms with Crippen LogP contribution in [0.25, 0.3) is 10.9 Å². The molecule has 2 N–H and O–H groups in total. The zero-order valence-electron chi connectivity index (χ0n) is 31.0. The summed E-state index contributed by atoms with van der Waals surface area (Å²) in [5.74, 6) is 0.356. The number of benzene rings is 3. The molecule has 12 nitrogen and oxygen atoms in total. The van der Waals surface area contributed by atoms with Gasteiger partial charge in [-0.2, -0.15) is 10.4 Å². The number of anilines is 3. The number of aromatic amines is 1. The normalized spacial score (nSPS) is 22.7. The fourth-order valence-corrected chi connectivity index (χ4v) is 9.78. The highest BCUT2D eigenvalue weighted by Crippen LogP contribution is 2.37. The van der Waals surface area contributed by atoms with Crippen molar-refractivity contribution in [3.05, 3.63) is 82.0 Å². The van der Waals surface area contributed by atoms with Gasteiger partial charge >= 0.3 is 0 Å². The molecule has 6 heterocycles. The van der Waals surface area contributed by atoms with Crippen LogP contribution in [0.4, 0.5) is 17.1 Å². The van der Waals surface area contributed by atoms with Crippen LogP contribution in [0.5, 0.6) is 0 Å². The van der Waals surface area contributed by atoms with Gasteiger partial charge in [-0.15, -0.1) is 0 Å². The Morgan fingerprint density at radius 2 is 1.60 bits per heavy atom. The summed E-state index contributed by atoms with van der Waals surface area (Å²) in [6, 6.07) is 20.8. The van der Waals surface area contributed by atoms with E-state index in [-0.39, 0.29) is 24.1 Å². The number of imide groups is 1. The van der Waals surface area contributed by atoms with Gasteiger partial charge in [0.2, 0.25) is 11.8 Å². The van der Waals surface area contributed by atoms with Crippen molar-refractivity contribution in [1.29, 1.82) is 5.26 Å². The van der Waals surface area contributed by atoms with Gasteiger partial charge in [0.25, 0.3) is 5.91 Å². The number of amides is 3. The van der Waals surface area contributed by atoms with E-state index in [0.29, 0.717) is 46.5 Å². The molecule has 4 aromatic rings. The maximum absolute atomic E-state index is 13.1. The van der Waals surface area contributed by atoms with Crippen LogP contribution in [-0.4, -0.2) is 103 Å². The Hall–Kier alpha value is -5.12. The SMILES string of the molecule is N#Cc1n[nH]c2c(N3CCC[C@@H](c4ccc(N5CCC(CN6CCN(c7ccc8c(c7)CN(C7CCC(=O)NC7=O)C8=O)CC6)CC5)cc4)C3)ccc(Cl)c12. The highest BCUT2D eigenvalue weighted by molar-refractivity contribution is 6.36. The molecule has 13 heteroatoms. The zero-order valence-corrected chi connectivity index (χ0v) is 31.7. The van der Waals surface area contributed by atoms with E-state index in [2.05, 4.69) is 71.5 Å². The number of carbonyl (C=O) groups is 3. The van der Waals surface area contributed by atoms with Crippen LogP contribution in [0.3, 0.4) is 0 Å². The van der Waals surface area contributed by atoms with E-state index >= 15 is 0 Å². The number of nitriles is 1. The van der Waals surface area contributed by atoms with Crippen LogP contribution in [0.15, 0.2) is 54.6 Å². The maximum Gasteiger partial charge on any atom is 0.255 e. The van der Waals surface area contributed by atoms with Gasteiger partial charge in [-0.3, -0.25) is 29.7 Å². The Morgan fingerprint density at radius 1 is 0.836 bits per heavy atom. The molecule has 0 bridgehead atoms. The number of nitrogens with one attached hydrogen (secondary N) is 2. The Morgan fingerprint density at radius 3 is 2.36 bits per heavy atom. The second-order valence-corrected chi connectivity index (χ2v) is 16.2. The number of hydrogen-bond donors (Lipinski definition) is 2. The van der Waals surface area contributed by atoms with E-state index in [1.165, 1.54) is 24.1 Å². The first-order valence-corrected chi connectivity index (χ1v) is 20.1. The lowest BCUT2D eigenvalue weighted by Crippen LogP contribution is -2.52. The summed E-state index contributed by atoms with van der Waals surface area (Å²) in [5.41, 5.74) is 7.65. The first-order valence-electron chi connectivity index (χ1n) is 19.7. The van der Waals surface area contributed by atoms with Gasteiger partial charge in [-0.1, -0.05) is 23.7 Å². The Labute approximate surface area is 326 Å². The Balaban J connectivity index is 0.745. The monoisotopic (exact) mass is 759 g/mol. The van der Waals surface area contributed by atoms with Crippen molar-refractivity contribution in [3.8, 4) is 6.07 Å². The highest BCUT2D eigenvalue weighted by Gasteiger charge is 2.39. The first-order chi connectivity index (χ1) is 26.8. The molecule has 0 radical (unpaired) electrons. The minimum atomic E-state index is -0.588. The van der Waals surface area contributed by atoms with E-state index < -0.39 is 6.04 Å². The molecule has 5 aliphatic heterocycles. The van der Waals surface area contributed by atoms with Crippen molar-refractivity contribution in [2.24, 2.45) is 5.92 Å². The number of fused-ring (bicyclic) bond motifs is 2. The average Bonchev–Trinajstić information content (AvgIpc) is 3.80. The third-order valence-corrected chi connectivity index (χ3v) is 12.9. The maximum atomic E-state index is 13.1. The molecular formula is C42H46ClN9O3. The number of piperidine rings is 3. The van der Waals surface area contributed by atoms with Gasteiger partial charge in [-0.05, 0) is 91.6 Å². The summed E-state index contributed by atoms with van der Waals surface area (Å²) in [6.45, 7) is 9.50. The van der Waals surface area contributed by atoms with Crippen molar-refractivity contribution in [3.63, 3.8) is 0 Å². The standard InChI is InChI=1S/C42H46ClN9O3/c43-34-9-10-36(40-39(34)35(23-44)46-47-40)51-15-1-2-29(25-51)28-3-5-31(6-4-28)49-16-13-27(14-17-49)24-48-18-20-50(21-19-48)32-7-8-33-30(22-32)26-52(42(33)55)37-11-12-38(53)45-41(37)54/h3-10,22,27,29,37H,1-2,11-21,24-26H2,(H,46,47)(H,45,53,54)/t29-,37?/m1/s1. The summed E-state index contributed by atoms with van der Waals surface area (Å²) in [5, 5.41) is 20.4. The Kier molecular flexibility index (Phi) is 9.60. The molecule has 284 valence electrons. The zero-order chi connectivity index (χ0) is 37.6. The highest BCUT2D eigenvalue weighted by atomic mass is 35.5. The molecule has 0 aliphatic carbocycles. The van der Waals surface area contributed by atoms with Crippen LogP contribution in [-0.2, 0) is 16.1 Å². The number of aromatic nitrogens is 2. The molecule has 3 amide bonds. The van der Waals surface area contributed by atoms with Crippen molar-refractivity contribution in [2.45, 2.75) is 57.0 Å². The molecule has 5 aliphatic rings. The smallest absolute Gasteiger partial charge is 0.255 e. The van der Waals surface area contributed by atoms with Crippen molar-refractivity contribution in [2.75, 3.05) is 73.6 Å². The van der Waals surface area contributed by atoms with E-state index in [1.54, 1.807) is 4.90 Å². The van der Waals surface area contributed by atoms with E-state index in [0.717, 1.165) is 94.2 Å². The molecule has 3 aromatic carbocycles.